The van der Waals surface area contributed by atoms with Crippen molar-refractivity contribution in [2.75, 3.05) is 11.9 Å². The fourth-order valence-corrected chi connectivity index (χ4v) is 1.45. The highest BCUT2D eigenvalue weighted by atomic mass is 16.1. The monoisotopic (exact) mass is 248 g/mol. The molecular weight excluding hydrogens is 228 g/mol. The number of anilines is 1. The van der Waals surface area contributed by atoms with E-state index in [9.17, 15) is 4.79 Å². The molecule has 0 saturated carbocycles. The zero-order valence-corrected chi connectivity index (χ0v) is 10.6. The smallest absolute Gasteiger partial charge is 0.221 e. The predicted molar refractivity (Wildman–Crippen MR) is 74.4 cm³/mol. The van der Waals surface area contributed by atoms with Crippen molar-refractivity contribution >= 4 is 17.6 Å². The number of carbonyl (C=O) groups excluding carboxylic acids is 1. The minimum Gasteiger partial charge on any atom is -0.370 e. The summed E-state index contributed by atoms with van der Waals surface area (Å²) in [6.07, 6.45) is 2.37. The number of hydrogen-bond acceptors (Lipinski definition) is 2. The molecular formula is C13H20N4O. The molecule has 0 unspecified atom stereocenters. The van der Waals surface area contributed by atoms with Gasteiger partial charge in [0.15, 0.2) is 5.96 Å². The van der Waals surface area contributed by atoms with Crippen LogP contribution in [0.25, 0.3) is 0 Å². The van der Waals surface area contributed by atoms with Gasteiger partial charge in [0.2, 0.25) is 5.91 Å². The van der Waals surface area contributed by atoms with Crippen LogP contribution in [0, 0.1) is 0 Å². The van der Waals surface area contributed by atoms with Crippen LogP contribution in [-0.2, 0) is 11.2 Å². The quantitative estimate of drug-likeness (QED) is 0.401. The van der Waals surface area contributed by atoms with Crippen LogP contribution in [0.1, 0.15) is 25.3 Å². The molecule has 1 amide bonds. The Balaban J connectivity index is 2.52. The molecule has 0 heterocycles. The van der Waals surface area contributed by atoms with E-state index < -0.39 is 0 Å². The third-order valence-corrected chi connectivity index (χ3v) is 2.40. The largest absolute Gasteiger partial charge is 0.370 e. The van der Waals surface area contributed by atoms with Gasteiger partial charge in [0.25, 0.3) is 0 Å². The van der Waals surface area contributed by atoms with Crippen LogP contribution in [0.15, 0.2) is 29.3 Å². The molecule has 0 bridgehead atoms. The SMILES string of the molecule is CCCCN=C(N)Nc1ccc(CC(N)=O)cc1. The van der Waals surface area contributed by atoms with Gasteiger partial charge in [-0.3, -0.25) is 9.79 Å². The zero-order chi connectivity index (χ0) is 13.4. The molecule has 0 saturated heterocycles. The fourth-order valence-electron chi connectivity index (χ4n) is 1.45. The number of carbonyl (C=O) groups is 1. The Hall–Kier alpha value is -2.04. The van der Waals surface area contributed by atoms with Crippen LogP contribution in [0.5, 0.6) is 0 Å². The van der Waals surface area contributed by atoms with Crippen molar-refractivity contribution in [1.29, 1.82) is 0 Å². The Kier molecular flexibility index (Phi) is 5.70. The molecule has 5 nitrogen and oxygen atoms in total. The molecule has 5 N–H and O–H groups in total. The Bertz CT molecular complexity index is 412. The molecule has 18 heavy (non-hydrogen) atoms. The normalized spacial score (nSPS) is 11.3. The number of nitrogens with one attached hydrogen (secondary N) is 1. The standard InChI is InChI=1S/C13H20N4O/c1-2-3-8-16-13(15)17-11-6-4-10(5-7-11)9-12(14)18/h4-7H,2-3,8-9H2,1H3,(H2,14,18)(H3,15,16,17). The fraction of sp³-hybridized carbons (Fsp3) is 0.385. The number of rotatable bonds is 6. The third kappa shape index (κ3) is 5.34. The van der Waals surface area contributed by atoms with Crippen LogP contribution >= 0.6 is 0 Å². The van der Waals surface area contributed by atoms with E-state index in [0.29, 0.717) is 5.96 Å². The number of hydrogen-bond donors (Lipinski definition) is 3. The summed E-state index contributed by atoms with van der Waals surface area (Å²) in [6.45, 7) is 2.84. The Labute approximate surface area is 107 Å². The topological polar surface area (TPSA) is 93.5 Å². The van der Waals surface area contributed by atoms with Crippen LogP contribution < -0.4 is 16.8 Å². The summed E-state index contributed by atoms with van der Waals surface area (Å²) in [6, 6.07) is 7.37. The van der Waals surface area contributed by atoms with Gasteiger partial charge in [0, 0.05) is 12.2 Å². The van der Waals surface area contributed by atoms with Crippen LogP contribution in [0.3, 0.4) is 0 Å². The van der Waals surface area contributed by atoms with Crippen molar-refractivity contribution in [1.82, 2.24) is 0 Å². The number of unbranched alkanes of at least 4 members (excludes halogenated alkanes) is 1. The number of guanidine groups is 1. The summed E-state index contributed by atoms with van der Waals surface area (Å²) in [5, 5.41) is 2.99. The third-order valence-electron chi connectivity index (χ3n) is 2.40. The van der Waals surface area contributed by atoms with Gasteiger partial charge in [0.1, 0.15) is 0 Å². The first-order valence-corrected chi connectivity index (χ1v) is 6.06. The average molecular weight is 248 g/mol. The number of benzene rings is 1. The van der Waals surface area contributed by atoms with Gasteiger partial charge in [-0.2, -0.15) is 0 Å². The summed E-state index contributed by atoms with van der Waals surface area (Å²) in [5.74, 6) is 0.0717. The van der Waals surface area contributed by atoms with Crippen LogP contribution in [0.2, 0.25) is 0 Å². The molecule has 98 valence electrons. The van der Waals surface area contributed by atoms with Crippen LogP contribution in [0.4, 0.5) is 5.69 Å². The molecule has 0 fully saturated rings. The second-order valence-electron chi connectivity index (χ2n) is 4.09. The van der Waals surface area contributed by atoms with Gasteiger partial charge in [-0.25, -0.2) is 0 Å². The van der Waals surface area contributed by atoms with Crippen molar-refractivity contribution in [2.45, 2.75) is 26.2 Å². The lowest BCUT2D eigenvalue weighted by atomic mass is 10.1. The highest BCUT2D eigenvalue weighted by molar-refractivity contribution is 5.92. The molecule has 0 atom stereocenters. The first-order chi connectivity index (χ1) is 8.61. The second kappa shape index (κ2) is 7.32. The van der Waals surface area contributed by atoms with Crippen molar-refractivity contribution in [3.63, 3.8) is 0 Å². The molecule has 0 aromatic heterocycles. The first-order valence-electron chi connectivity index (χ1n) is 6.06. The highest BCUT2D eigenvalue weighted by Crippen LogP contribution is 2.09. The van der Waals surface area contributed by atoms with E-state index in [4.69, 9.17) is 11.5 Å². The average Bonchev–Trinajstić information content (AvgIpc) is 2.31. The number of nitrogens with two attached hydrogens (primary N) is 2. The van der Waals surface area contributed by atoms with E-state index in [1.807, 2.05) is 24.3 Å². The molecule has 1 rings (SSSR count). The van der Waals surface area contributed by atoms with E-state index in [1.54, 1.807) is 0 Å². The van der Waals surface area contributed by atoms with E-state index in [-0.39, 0.29) is 12.3 Å². The first kappa shape index (κ1) is 14.0. The molecule has 0 radical (unpaired) electrons. The number of nitrogens with zero attached hydrogens (tertiary/aromatic N) is 1. The maximum Gasteiger partial charge on any atom is 0.221 e. The zero-order valence-electron chi connectivity index (χ0n) is 10.6. The lowest BCUT2D eigenvalue weighted by molar-refractivity contribution is -0.117. The summed E-state index contributed by atoms with van der Waals surface area (Å²) in [7, 11) is 0. The molecule has 0 aliphatic rings. The summed E-state index contributed by atoms with van der Waals surface area (Å²) >= 11 is 0. The van der Waals surface area contributed by atoms with Gasteiger partial charge in [-0.1, -0.05) is 25.5 Å². The van der Waals surface area contributed by atoms with Crippen molar-refractivity contribution in [3.05, 3.63) is 29.8 Å². The van der Waals surface area contributed by atoms with Crippen molar-refractivity contribution in [2.24, 2.45) is 16.5 Å². The Morgan fingerprint density at radius 3 is 2.50 bits per heavy atom. The summed E-state index contributed by atoms with van der Waals surface area (Å²) in [4.78, 5) is 14.9. The van der Waals surface area contributed by atoms with E-state index in [2.05, 4.69) is 17.2 Å². The maximum absolute atomic E-state index is 10.7. The predicted octanol–water partition coefficient (Wildman–Crippen LogP) is 1.24. The number of aliphatic imine (C=N–C) groups is 1. The van der Waals surface area contributed by atoms with Gasteiger partial charge in [-0.05, 0) is 24.1 Å². The van der Waals surface area contributed by atoms with Crippen LogP contribution in [-0.4, -0.2) is 18.4 Å². The maximum atomic E-state index is 10.7. The lowest BCUT2D eigenvalue weighted by Gasteiger charge is -2.06. The van der Waals surface area contributed by atoms with Gasteiger partial charge in [0.05, 0.1) is 6.42 Å². The van der Waals surface area contributed by atoms with E-state index >= 15 is 0 Å². The second-order valence-corrected chi connectivity index (χ2v) is 4.09. The van der Waals surface area contributed by atoms with Gasteiger partial charge < -0.3 is 16.8 Å². The van der Waals surface area contributed by atoms with Gasteiger partial charge >= 0.3 is 0 Å². The minimum absolute atomic E-state index is 0.250. The molecule has 0 aliphatic heterocycles. The summed E-state index contributed by atoms with van der Waals surface area (Å²) in [5.41, 5.74) is 12.6. The van der Waals surface area contributed by atoms with Gasteiger partial charge in [-0.15, -0.1) is 0 Å². The van der Waals surface area contributed by atoms with Crippen molar-refractivity contribution in [3.8, 4) is 0 Å². The molecule has 1 aromatic rings. The number of amides is 1. The Morgan fingerprint density at radius 1 is 1.28 bits per heavy atom. The van der Waals surface area contributed by atoms with E-state index in [1.165, 1.54) is 0 Å². The highest BCUT2D eigenvalue weighted by Gasteiger charge is 1.99. The van der Waals surface area contributed by atoms with Crippen molar-refractivity contribution < 1.29 is 4.79 Å². The molecule has 0 aliphatic carbocycles. The molecule has 5 heteroatoms. The van der Waals surface area contributed by atoms with E-state index in [0.717, 1.165) is 30.6 Å². The lowest BCUT2D eigenvalue weighted by Crippen LogP contribution is -2.22. The molecule has 1 aromatic carbocycles. The Morgan fingerprint density at radius 2 is 1.94 bits per heavy atom. The number of primary amides is 1. The molecule has 0 spiro atoms. The summed E-state index contributed by atoms with van der Waals surface area (Å²) < 4.78 is 0. The minimum atomic E-state index is -0.337.